The topological polar surface area (TPSA) is 66.5 Å². The van der Waals surface area contributed by atoms with Crippen LogP contribution in [0, 0.1) is 6.92 Å². The van der Waals surface area contributed by atoms with E-state index < -0.39 is 0 Å². The van der Waals surface area contributed by atoms with Gasteiger partial charge in [0.15, 0.2) is 0 Å². The number of hydrogen-bond donors (Lipinski definition) is 1. The molecule has 0 aliphatic heterocycles. The van der Waals surface area contributed by atoms with Gasteiger partial charge in [0, 0.05) is 0 Å². The standard InChI is InChI=1S/C4H9.ClH.Li.H3N.Na.H2O/c1-3-4-2;;;;;/h1,3-4H2,2H3;1H;;1H3;;1H2/q-1;;+1;;+1;/p-1. The van der Waals surface area contributed by atoms with Crippen molar-refractivity contribution in [3.63, 3.8) is 0 Å². The first-order chi connectivity index (χ1) is 1.91. The summed E-state index contributed by atoms with van der Waals surface area (Å²) in [6.07, 6.45) is 2.28. The molecule has 0 saturated heterocycles. The fraction of sp³-hybridized carbons (Fsp3) is 0.750. The Hall–Kier alpha value is 1.81. The smallest absolute Gasteiger partial charge is 1.00 e. The minimum atomic E-state index is 0. The maximum absolute atomic E-state index is 3.60. The molecule has 0 saturated carbocycles. The van der Waals surface area contributed by atoms with Crippen LogP contribution in [0.3, 0.4) is 0 Å². The average molecular weight is 158 g/mol. The third-order valence-electron chi connectivity index (χ3n) is 0.354. The van der Waals surface area contributed by atoms with Gasteiger partial charge in [0.1, 0.15) is 0 Å². The molecule has 0 bridgehead atoms. The molecule has 0 amide bonds. The zero-order chi connectivity index (χ0) is 3.41. The molecule has 0 unspecified atom stereocenters. The van der Waals surface area contributed by atoms with Crippen molar-refractivity contribution in [2.45, 2.75) is 19.8 Å². The summed E-state index contributed by atoms with van der Waals surface area (Å²) in [7, 11) is 0. The van der Waals surface area contributed by atoms with Gasteiger partial charge in [0.2, 0.25) is 0 Å². The third-order valence-corrected chi connectivity index (χ3v) is 0.354. The Morgan fingerprint density at radius 1 is 1.33 bits per heavy atom. The quantitative estimate of drug-likeness (QED) is 0.298. The molecule has 0 heterocycles. The van der Waals surface area contributed by atoms with E-state index in [0.717, 1.165) is 6.42 Å². The SMILES string of the molecule is [CH2-]CCC.[Cl-].[Li+].[NH4+].[Na+].[OH-]. The van der Waals surface area contributed by atoms with E-state index >= 15 is 0 Å². The van der Waals surface area contributed by atoms with Crippen molar-refractivity contribution in [1.29, 1.82) is 0 Å². The van der Waals surface area contributed by atoms with Crippen LogP contribution in [0.25, 0.3) is 0 Å². The van der Waals surface area contributed by atoms with Crippen molar-refractivity contribution in [3.05, 3.63) is 6.92 Å². The van der Waals surface area contributed by atoms with Crippen molar-refractivity contribution < 1.29 is 66.3 Å². The number of quaternary nitrogens is 1. The van der Waals surface area contributed by atoms with Gasteiger partial charge in [0.05, 0.1) is 0 Å². The van der Waals surface area contributed by atoms with Crippen LogP contribution in [0.5, 0.6) is 0 Å². The molecule has 2 nitrogen and oxygen atoms in total. The Morgan fingerprint density at radius 2 is 1.44 bits per heavy atom. The van der Waals surface area contributed by atoms with Crippen LogP contribution in [0.2, 0.25) is 0 Å². The minimum Gasteiger partial charge on any atom is -1.00 e. The van der Waals surface area contributed by atoms with Gasteiger partial charge in [-0.25, -0.2) is 0 Å². The van der Waals surface area contributed by atoms with E-state index in [1.54, 1.807) is 0 Å². The van der Waals surface area contributed by atoms with Crippen molar-refractivity contribution in [3.8, 4) is 0 Å². The zero-order valence-corrected chi connectivity index (χ0v) is 9.70. The van der Waals surface area contributed by atoms with Crippen molar-refractivity contribution >= 4 is 0 Å². The van der Waals surface area contributed by atoms with Crippen LogP contribution >= 0.6 is 0 Å². The second kappa shape index (κ2) is 52.5. The molecule has 0 aliphatic carbocycles. The van der Waals surface area contributed by atoms with Gasteiger partial charge >= 0.3 is 48.4 Å². The first kappa shape index (κ1) is 45.0. The van der Waals surface area contributed by atoms with Gasteiger partial charge < -0.3 is 31.0 Å². The monoisotopic (exact) mass is 157 g/mol. The molecule has 50 valence electrons. The summed E-state index contributed by atoms with van der Waals surface area (Å²) >= 11 is 0. The third kappa shape index (κ3) is 75.9. The maximum Gasteiger partial charge on any atom is 1.00 e. The predicted molar refractivity (Wildman–Crippen MR) is 28.2 cm³/mol. The van der Waals surface area contributed by atoms with Gasteiger partial charge in [-0.1, -0.05) is 13.3 Å². The van der Waals surface area contributed by atoms with Crippen LogP contribution in [0.4, 0.5) is 0 Å². The van der Waals surface area contributed by atoms with E-state index in [1.165, 1.54) is 6.42 Å². The molecule has 0 fully saturated rings. The molecule has 0 aromatic heterocycles. The first-order valence-corrected chi connectivity index (χ1v) is 1.71. The Bertz CT molecular complexity index is 22.5. The largest absolute Gasteiger partial charge is 1.00 e. The Kier molecular flexibility index (Phi) is 262. The second-order valence-corrected chi connectivity index (χ2v) is 0.854. The van der Waals surface area contributed by atoms with E-state index in [2.05, 4.69) is 13.8 Å². The number of unbranched alkanes of at least 4 members (excludes halogenated alkanes) is 1. The summed E-state index contributed by atoms with van der Waals surface area (Å²) in [4.78, 5) is 0. The van der Waals surface area contributed by atoms with Crippen LogP contribution in [0.15, 0.2) is 0 Å². The molecule has 0 atom stereocenters. The average Bonchev–Trinajstić information content (AvgIpc) is 1.37. The molecule has 5 N–H and O–H groups in total. The summed E-state index contributed by atoms with van der Waals surface area (Å²) in [5, 5.41) is 0. The van der Waals surface area contributed by atoms with Crippen LogP contribution in [0.1, 0.15) is 19.8 Å². The van der Waals surface area contributed by atoms with Crippen LogP contribution in [-0.2, 0) is 0 Å². The molecule has 0 radical (unpaired) electrons. The molecular formula is C4H14ClLiNNaO. The molecule has 0 spiro atoms. The van der Waals surface area contributed by atoms with Gasteiger partial charge in [-0.3, -0.25) is 0 Å². The molecule has 0 aromatic rings. The van der Waals surface area contributed by atoms with E-state index in [0.29, 0.717) is 0 Å². The fourth-order valence-corrected chi connectivity index (χ4v) is 0. The van der Waals surface area contributed by atoms with Crippen molar-refractivity contribution in [2.24, 2.45) is 0 Å². The Labute approximate surface area is 98.3 Å². The van der Waals surface area contributed by atoms with E-state index in [-0.39, 0.29) is 72.5 Å². The van der Waals surface area contributed by atoms with E-state index in [4.69, 9.17) is 0 Å². The Morgan fingerprint density at radius 3 is 1.44 bits per heavy atom. The molecular weight excluding hydrogens is 143 g/mol. The summed E-state index contributed by atoms with van der Waals surface area (Å²) < 4.78 is 0. The first-order valence-electron chi connectivity index (χ1n) is 1.71. The molecule has 9 heavy (non-hydrogen) atoms. The molecule has 5 heteroatoms. The summed E-state index contributed by atoms with van der Waals surface area (Å²) in [5.41, 5.74) is 0. The summed E-state index contributed by atoms with van der Waals surface area (Å²) in [6.45, 7) is 5.72. The van der Waals surface area contributed by atoms with Gasteiger partial charge in [0.25, 0.3) is 0 Å². The normalized spacial score (nSPS) is 3.33. The number of rotatable bonds is 1. The molecule has 0 aliphatic rings. The van der Waals surface area contributed by atoms with Crippen molar-refractivity contribution in [1.82, 2.24) is 6.15 Å². The molecule has 0 rings (SSSR count). The van der Waals surface area contributed by atoms with Crippen molar-refractivity contribution in [2.75, 3.05) is 0 Å². The number of halogens is 1. The van der Waals surface area contributed by atoms with Gasteiger partial charge in [-0.2, -0.15) is 6.42 Å². The fourth-order valence-electron chi connectivity index (χ4n) is 0. The van der Waals surface area contributed by atoms with E-state index in [9.17, 15) is 0 Å². The minimum absolute atomic E-state index is 0. The second-order valence-electron chi connectivity index (χ2n) is 0.854. The van der Waals surface area contributed by atoms with Crippen LogP contribution in [-0.4, -0.2) is 5.48 Å². The maximum atomic E-state index is 3.60. The van der Waals surface area contributed by atoms with E-state index in [1.807, 2.05) is 0 Å². The zero-order valence-electron chi connectivity index (χ0n) is 6.95. The molecule has 0 aromatic carbocycles. The Balaban J connectivity index is -0.00000000450. The number of hydrogen-bond acceptors (Lipinski definition) is 1. The van der Waals surface area contributed by atoms with Gasteiger partial charge in [-0.05, 0) is 0 Å². The summed E-state index contributed by atoms with van der Waals surface area (Å²) in [6, 6.07) is 0. The summed E-state index contributed by atoms with van der Waals surface area (Å²) in [5.74, 6) is 0. The van der Waals surface area contributed by atoms with Crippen LogP contribution < -0.4 is 67.0 Å². The van der Waals surface area contributed by atoms with Gasteiger partial charge in [-0.15, -0.1) is 0 Å². The predicted octanol–water partition coefficient (Wildman–Crippen LogP) is -7.17.